The molecule has 2 aliphatic rings. The van der Waals surface area contributed by atoms with Crippen LogP contribution in [0.15, 0.2) is 86.0 Å². The van der Waals surface area contributed by atoms with Crippen LogP contribution in [0.4, 0.5) is 4.79 Å². The molecule has 0 radical (unpaired) electrons. The minimum Gasteiger partial charge on any atom is -0.445 e. The molecule has 0 N–H and O–H groups in total. The summed E-state index contributed by atoms with van der Waals surface area (Å²) in [5.41, 5.74) is 1.80. The van der Waals surface area contributed by atoms with Gasteiger partial charge >= 0.3 is 6.09 Å². The smallest absolute Gasteiger partial charge is 0.410 e. The first-order valence-corrected chi connectivity index (χ1v) is 11.4. The van der Waals surface area contributed by atoms with Crippen LogP contribution in [0.1, 0.15) is 17.4 Å². The van der Waals surface area contributed by atoms with Crippen molar-refractivity contribution in [2.24, 2.45) is 5.92 Å². The van der Waals surface area contributed by atoms with Gasteiger partial charge in [0, 0.05) is 19.2 Å². The lowest BCUT2D eigenvalue weighted by Crippen LogP contribution is -2.65. The number of hydrogen-bond donors (Lipinski definition) is 0. The summed E-state index contributed by atoms with van der Waals surface area (Å²) in [5.74, 6) is -0.356. The van der Waals surface area contributed by atoms with E-state index in [1.807, 2.05) is 60.7 Å². The highest BCUT2D eigenvalue weighted by Gasteiger charge is 2.52. The molecule has 4 rings (SSSR count). The summed E-state index contributed by atoms with van der Waals surface area (Å²) in [6, 6.07) is 18.8. The molecule has 2 saturated heterocycles. The largest absolute Gasteiger partial charge is 0.445 e. The summed E-state index contributed by atoms with van der Waals surface area (Å²) < 4.78 is 29.8. The lowest BCUT2D eigenvalue weighted by Gasteiger charge is -2.51. The van der Waals surface area contributed by atoms with E-state index >= 15 is 0 Å². The first-order chi connectivity index (χ1) is 16.7. The molecule has 2 fully saturated rings. The zero-order valence-electron chi connectivity index (χ0n) is 19.3. The van der Waals surface area contributed by atoms with Gasteiger partial charge in [-0.3, -0.25) is 4.90 Å². The van der Waals surface area contributed by atoms with Crippen LogP contribution in [-0.4, -0.2) is 55.8 Å². The fraction of sp³-hybridized carbons (Fsp3) is 0.370. The monoisotopic (exact) mass is 465 g/mol. The molecule has 0 bridgehead atoms. The van der Waals surface area contributed by atoms with Gasteiger partial charge in [0.2, 0.25) is 0 Å². The summed E-state index contributed by atoms with van der Waals surface area (Å²) in [5, 5.41) is 0. The molecule has 0 aliphatic carbocycles. The van der Waals surface area contributed by atoms with E-state index in [0.29, 0.717) is 6.61 Å². The van der Waals surface area contributed by atoms with Crippen LogP contribution < -0.4 is 0 Å². The van der Waals surface area contributed by atoms with Gasteiger partial charge in [-0.15, -0.1) is 13.2 Å². The first kappa shape index (κ1) is 24.2. The molecule has 2 heterocycles. The number of rotatable bonds is 8. The maximum Gasteiger partial charge on any atom is 0.410 e. The summed E-state index contributed by atoms with van der Waals surface area (Å²) in [6.45, 7) is 8.56. The standard InChI is InChI=1S/C27H31NO6/c1-4-16-28(27(29)32-17-19-12-8-6-9-13-19)23-21(5-2)26(30-3)33-22-18-31-25(34-24(22)23)20-14-10-7-11-15-20/h4-15,21-26H,1-2,16-18H2,3H3/t21-,22+,23+,24+,25?,26+/m0/s1. The van der Waals surface area contributed by atoms with E-state index in [4.69, 9.17) is 23.7 Å². The van der Waals surface area contributed by atoms with Crippen molar-refractivity contribution in [1.29, 1.82) is 0 Å². The summed E-state index contributed by atoms with van der Waals surface area (Å²) >= 11 is 0. The van der Waals surface area contributed by atoms with Crippen LogP contribution in [0.5, 0.6) is 0 Å². The zero-order chi connectivity index (χ0) is 23.9. The fourth-order valence-corrected chi connectivity index (χ4v) is 4.50. The lowest BCUT2D eigenvalue weighted by atomic mass is 9.86. The van der Waals surface area contributed by atoms with Crippen molar-refractivity contribution < 1.29 is 28.5 Å². The third kappa shape index (κ3) is 5.23. The Morgan fingerprint density at radius 2 is 1.79 bits per heavy atom. The zero-order valence-corrected chi connectivity index (χ0v) is 19.3. The van der Waals surface area contributed by atoms with E-state index in [9.17, 15) is 4.79 Å². The first-order valence-electron chi connectivity index (χ1n) is 11.4. The summed E-state index contributed by atoms with van der Waals surface area (Å²) in [4.78, 5) is 15.0. The minimum absolute atomic E-state index is 0.160. The Balaban J connectivity index is 1.61. The Morgan fingerprint density at radius 1 is 1.09 bits per heavy atom. The normalized spacial score (nSPS) is 28.4. The highest BCUT2D eigenvalue weighted by atomic mass is 16.7. The molecular weight excluding hydrogens is 434 g/mol. The Morgan fingerprint density at radius 3 is 2.44 bits per heavy atom. The second-order valence-corrected chi connectivity index (χ2v) is 8.24. The molecule has 180 valence electrons. The molecule has 2 aliphatic heterocycles. The van der Waals surface area contributed by atoms with Crippen LogP contribution >= 0.6 is 0 Å². The number of hydrogen-bond acceptors (Lipinski definition) is 6. The topological polar surface area (TPSA) is 66.5 Å². The van der Waals surface area contributed by atoms with Gasteiger partial charge < -0.3 is 23.7 Å². The van der Waals surface area contributed by atoms with Crippen molar-refractivity contribution in [1.82, 2.24) is 4.90 Å². The molecular formula is C27H31NO6. The fourth-order valence-electron chi connectivity index (χ4n) is 4.50. The van der Waals surface area contributed by atoms with Crippen molar-refractivity contribution in [3.8, 4) is 0 Å². The van der Waals surface area contributed by atoms with Gasteiger partial charge in [0.25, 0.3) is 0 Å². The predicted molar refractivity (Wildman–Crippen MR) is 127 cm³/mol. The molecule has 1 amide bonds. The van der Waals surface area contributed by atoms with Crippen molar-refractivity contribution in [2.75, 3.05) is 20.3 Å². The highest BCUT2D eigenvalue weighted by molar-refractivity contribution is 5.68. The highest BCUT2D eigenvalue weighted by Crippen LogP contribution is 2.39. The van der Waals surface area contributed by atoms with Crippen LogP contribution in [0.2, 0.25) is 0 Å². The van der Waals surface area contributed by atoms with Crippen LogP contribution in [0.3, 0.4) is 0 Å². The molecule has 2 aromatic rings. The van der Waals surface area contributed by atoms with Crippen LogP contribution in [0.25, 0.3) is 0 Å². The molecule has 7 nitrogen and oxygen atoms in total. The van der Waals surface area contributed by atoms with Gasteiger partial charge in [0.05, 0.1) is 18.6 Å². The predicted octanol–water partition coefficient (Wildman–Crippen LogP) is 4.47. The Bertz CT molecular complexity index is 952. The van der Waals surface area contributed by atoms with Gasteiger partial charge in [-0.1, -0.05) is 72.8 Å². The van der Waals surface area contributed by atoms with E-state index in [0.717, 1.165) is 11.1 Å². The molecule has 0 spiro atoms. The molecule has 7 heteroatoms. The van der Waals surface area contributed by atoms with Crippen molar-refractivity contribution in [3.63, 3.8) is 0 Å². The number of amides is 1. The Hall–Kier alpha value is -2.97. The second kappa shape index (κ2) is 11.4. The van der Waals surface area contributed by atoms with E-state index in [2.05, 4.69) is 13.2 Å². The van der Waals surface area contributed by atoms with Crippen molar-refractivity contribution >= 4 is 6.09 Å². The van der Waals surface area contributed by atoms with Crippen molar-refractivity contribution in [3.05, 3.63) is 97.1 Å². The molecule has 0 aromatic heterocycles. The number of fused-ring (bicyclic) bond motifs is 1. The average molecular weight is 466 g/mol. The van der Waals surface area contributed by atoms with Gasteiger partial charge in [-0.05, 0) is 5.56 Å². The number of benzene rings is 2. The average Bonchev–Trinajstić information content (AvgIpc) is 2.90. The SMILES string of the molecule is C=CCN(C(=O)OCc1ccccc1)[C@@H]1[C@H](C=C)[C@H](OC)O[C@@H]2COC(c3ccccc3)O[C@@H]12. The van der Waals surface area contributed by atoms with E-state index in [1.165, 1.54) is 0 Å². The molecule has 2 aromatic carbocycles. The lowest BCUT2D eigenvalue weighted by molar-refractivity contribution is -0.335. The second-order valence-electron chi connectivity index (χ2n) is 8.24. The summed E-state index contributed by atoms with van der Waals surface area (Å²) in [6.07, 6.45) is 0.832. The Labute approximate surface area is 200 Å². The molecule has 0 saturated carbocycles. The van der Waals surface area contributed by atoms with Crippen LogP contribution in [-0.2, 0) is 30.3 Å². The van der Waals surface area contributed by atoms with E-state index < -0.39 is 36.9 Å². The molecule has 34 heavy (non-hydrogen) atoms. The van der Waals surface area contributed by atoms with Gasteiger partial charge in [-0.2, -0.15) is 0 Å². The quantitative estimate of drug-likeness (QED) is 0.536. The van der Waals surface area contributed by atoms with Crippen molar-refractivity contribution in [2.45, 2.75) is 37.4 Å². The van der Waals surface area contributed by atoms with Gasteiger partial charge in [0.15, 0.2) is 12.6 Å². The number of methoxy groups -OCH3 is 1. The maximum absolute atomic E-state index is 13.3. The molecule has 1 unspecified atom stereocenters. The number of carbonyl (C=O) groups excluding carboxylic acids is 1. The van der Waals surface area contributed by atoms with E-state index in [1.54, 1.807) is 24.2 Å². The minimum atomic E-state index is -0.613. The van der Waals surface area contributed by atoms with Crippen LogP contribution in [0, 0.1) is 5.92 Å². The van der Waals surface area contributed by atoms with Gasteiger partial charge in [-0.25, -0.2) is 4.79 Å². The third-order valence-corrected chi connectivity index (χ3v) is 6.11. The molecule has 6 atom stereocenters. The number of ether oxygens (including phenoxy) is 5. The summed E-state index contributed by atoms with van der Waals surface area (Å²) in [7, 11) is 1.57. The van der Waals surface area contributed by atoms with E-state index in [-0.39, 0.29) is 19.1 Å². The van der Waals surface area contributed by atoms with Gasteiger partial charge in [0.1, 0.15) is 18.8 Å². The number of nitrogens with zero attached hydrogens (tertiary/aromatic N) is 1. The third-order valence-electron chi connectivity index (χ3n) is 6.11. The maximum atomic E-state index is 13.3. The number of carbonyl (C=O) groups is 1. The Kier molecular flexibility index (Phi) is 8.13.